The Bertz CT molecular complexity index is 425. The quantitative estimate of drug-likeness (QED) is 0.746. The molecule has 5 nitrogen and oxygen atoms in total. The van der Waals surface area contributed by atoms with Crippen LogP contribution in [0, 0.1) is 0 Å². The molecule has 4 N–H and O–H groups in total. The van der Waals surface area contributed by atoms with Crippen molar-refractivity contribution in [3.8, 4) is 11.5 Å². The Kier molecular flexibility index (Phi) is 4.55. The number of benzene rings is 1. The van der Waals surface area contributed by atoms with E-state index in [1.165, 1.54) is 13.2 Å². The van der Waals surface area contributed by atoms with Gasteiger partial charge < -0.3 is 20.9 Å². The number of phenols is 1. The molecule has 0 saturated carbocycles. The van der Waals surface area contributed by atoms with Gasteiger partial charge >= 0.3 is 0 Å². The minimum Gasteiger partial charge on any atom is -0.504 e. The van der Waals surface area contributed by atoms with Gasteiger partial charge in [0.2, 0.25) is 5.91 Å². The van der Waals surface area contributed by atoms with Crippen molar-refractivity contribution in [3.05, 3.63) is 18.2 Å². The van der Waals surface area contributed by atoms with Crippen molar-refractivity contribution in [2.24, 2.45) is 5.73 Å². The molecule has 0 aromatic heterocycles. The average molecular weight is 252 g/mol. The number of hydrogen-bond donors (Lipinski definition) is 3. The number of anilines is 1. The molecule has 0 unspecified atom stereocenters. The molecule has 18 heavy (non-hydrogen) atoms. The number of carbonyl (C=O) groups excluding carboxylic acids is 1. The van der Waals surface area contributed by atoms with E-state index in [2.05, 4.69) is 5.32 Å². The first-order valence-electron chi connectivity index (χ1n) is 5.77. The lowest BCUT2D eigenvalue weighted by Crippen LogP contribution is -2.33. The fraction of sp³-hybridized carbons (Fsp3) is 0.462. The van der Waals surface area contributed by atoms with Gasteiger partial charge in [0.25, 0.3) is 0 Å². The minimum atomic E-state index is -0.362. The minimum absolute atomic E-state index is 0.00513. The van der Waals surface area contributed by atoms with Crippen LogP contribution >= 0.6 is 0 Å². The molecule has 1 amide bonds. The van der Waals surface area contributed by atoms with Crippen LogP contribution in [-0.2, 0) is 4.79 Å². The molecule has 1 aromatic carbocycles. The van der Waals surface area contributed by atoms with Crippen LogP contribution in [0.2, 0.25) is 0 Å². The van der Waals surface area contributed by atoms with Crippen LogP contribution in [0.5, 0.6) is 11.5 Å². The van der Waals surface area contributed by atoms with Gasteiger partial charge in [-0.2, -0.15) is 0 Å². The highest BCUT2D eigenvalue weighted by Gasteiger charge is 2.13. The van der Waals surface area contributed by atoms with E-state index in [9.17, 15) is 9.90 Å². The highest BCUT2D eigenvalue weighted by molar-refractivity contribution is 5.91. The second-order valence-electron chi connectivity index (χ2n) is 4.92. The van der Waals surface area contributed by atoms with Gasteiger partial charge in [-0.3, -0.25) is 4.79 Å². The second-order valence-corrected chi connectivity index (χ2v) is 4.92. The summed E-state index contributed by atoms with van der Waals surface area (Å²) in [6.45, 7) is 3.75. The molecule has 1 aromatic rings. The van der Waals surface area contributed by atoms with Gasteiger partial charge in [-0.15, -0.1) is 0 Å². The molecule has 0 bridgehead atoms. The third kappa shape index (κ3) is 4.63. The summed E-state index contributed by atoms with van der Waals surface area (Å²) in [4.78, 5) is 11.6. The zero-order chi connectivity index (χ0) is 13.8. The number of hydrogen-bond acceptors (Lipinski definition) is 4. The molecule has 0 radical (unpaired) electrons. The number of nitrogens with two attached hydrogens (primary N) is 1. The molecule has 0 atom stereocenters. The van der Waals surface area contributed by atoms with Crippen LogP contribution in [0.15, 0.2) is 18.2 Å². The standard InChI is InChI=1S/C13H20N2O3/c1-13(2,14)7-6-12(17)15-9-4-5-11(18-3)10(16)8-9/h4-5,8,16H,6-7,14H2,1-3H3,(H,15,17). The van der Waals surface area contributed by atoms with Crippen LogP contribution in [0.1, 0.15) is 26.7 Å². The van der Waals surface area contributed by atoms with Crippen LogP contribution in [0.3, 0.4) is 0 Å². The van der Waals surface area contributed by atoms with E-state index in [4.69, 9.17) is 10.5 Å². The second kappa shape index (κ2) is 5.73. The van der Waals surface area contributed by atoms with E-state index in [-0.39, 0.29) is 17.2 Å². The Hall–Kier alpha value is -1.75. The lowest BCUT2D eigenvalue weighted by Gasteiger charge is -2.17. The first kappa shape index (κ1) is 14.3. The summed E-state index contributed by atoms with van der Waals surface area (Å²) in [5, 5.41) is 12.3. The number of nitrogens with one attached hydrogen (secondary N) is 1. The number of methoxy groups -OCH3 is 1. The molecule has 0 fully saturated rings. The zero-order valence-corrected chi connectivity index (χ0v) is 11.0. The summed E-state index contributed by atoms with van der Waals surface area (Å²) in [6.07, 6.45) is 0.942. The SMILES string of the molecule is COc1ccc(NC(=O)CCC(C)(C)N)cc1O. The van der Waals surface area contributed by atoms with Crippen molar-refractivity contribution in [2.45, 2.75) is 32.2 Å². The van der Waals surface area contributed by atoms with Crippen LogP contribution in [0.25, 0.3) is 0 Å². The highest BCUT2D eigenvalue weighted by Crippen LogP contribution is 2.28. The van der Waals surface area contributed by atoms with Gasteiger partial charge in [-0.1, -0.05) is 0 Å². The van der Waals surface area contributed by atoms with Crippen LogP contribution in [0.4, 0.5) is 5.69 Å². The molecule has 0 aliphatic carbocycles. The lowest BCUT2D eigenvalue weighted by atomic mass is 10.00. The molecule has 1 rings (SSSR count). The maximum absolute atomic E-state index is 11.6. The molecular weight excluding hydrogens is 232 g/mol. The van der Waals surface area contributed by atoms with Crippen molar-refractivity contribution in [1.82, 2.24) is 0 Å². The van der Waals surface area contributed by atoms with Crippen molar-refractivity contribution in [2.75, 3.05) is 12.4 Å². The number of amides is 1. The van der Waals surface area contributed by atoms with Crippen LogP contribution < -0.4 is 15.8 Å². The van der Waals surface area contributed by atoms with Crippen molar-refractivity contribution in [3.63, 3.8) is 0 Å². The van der Waals surface area contributed by atoms with Gasteiger partial charge in [0, 0.05) is 23.7 Å². The molecular formula is C13H20N2O3. The maximum Gasteiger partial charge on any atom is 0.224 e. The third-order valence-electron chi connectivity index (χ3n) is 2.46. The first-order chi connectivity index (χ1) is 8.31. The molecule has 5 heteroatoms. The van der Waals surface area contributed by atoms with E-state index >= 15 is 0 Å². The van der Waals surface area contributed by atoms with E-state index in [1.807, 2.05) is 13.8 Å². The van der Waals surface area contributed by atoms with Crippen LogP contribution in [-0.4, -0.2) is 23.7 Å². The monoisotopic (exact) mass is 252 g/mol. The van der Waals surface area contributed by atoms with E-state index in [1.54, 1.807) is 12.1 Å². The van der Waals surface area contributed by atoms with Gasteiger partial charge in [0.15, 0.2) is 11.5 Å². The van der Waals surface area contributed by atoms with Crippen molar-refractivity contribution < 1.29 is 14.6 Å². The van der Waals surface area contributed by atoms with E-state index < -0.39 is 0 Å². The molecule has 0 aliphatic heterocycles. The Morgan fingerprint density at radius 3 is 2.67 bits per heavy atom. The van der Waals surface area contributed by atoms with Gasteiger partial charge in [-0.05, 0) is 32.4 Å². The summed E-state index contributed by atoms with van der Waals surface area (Å²) in [6, 6.07) is 4.71. The number of rotatable bonds is 5. The van der Waals surface area contributed by atoms with Gasteiger partial charge in [-0.25, -0.2) is 0 Å². The summed E-state index contributed by atoms with van der Waals surface area (Å²) in [5.74, 6) is 0.239. The highest BCUT2D eigenvalue weighted by atomic mass is 16.5. The summed E-state index contributed by atoms with van der Waals surface area (Å²) in [7, 11) is 1.47. The Balaban J connectivity index is 2.57. The van der Waals surface area contributed by atoms with Gasteiger partial charge in [0.05, 0.1) is 7.11 Å². The maximum atomic E-state index is 11.6. The number of aromatic hydroxyl groups is 1. The average Bonchev–Trinajstić information content (AvgIpc) is 2.26. The number of ether oxygens (including phenoxy) is 1. The first-order valence-corrected chi connectivity index (χ1v) is 5.77. The number of carbonyl (C=O) groups is 1. The van der Waals surface area contributed by atoms with E-state index in [0.717, 1.165) is 0 Å². The fourth-order valence-corrected chi connectivity index (χ4v) is 1.43. The Morgan fingerprint density at radius 2 is 2.17 bits per heavy atom. The largest absolute Gasteiger partial charge is 0.504 e. The number of phenolic OH excluding ortho intramolecular Hbond substituents is 1. The summed E-state index contributed by atoms with van der Waals surface area (Å²) < 4.78 is 4.92. The molecule has 0 saturated heterocycles. The molecule has 100 valence electrons. The van der Waals surface area contributed by atoms with Crippen molar-refractivity contribution in [1.29, 1.82) is 0 Å². The summed E-state index contributed by atoms with van der Waals surface area (Å²) >= 11 is 0. The van der Waals surface area contributed by atoms with Gasteiger partial charge in [0.1, 0.15) is 0 Å². The predicted molar refractivity (Wildman–Crippen MR) is 70.8 cm³/mol. The lowest BCUT2D eigenvalue weighted by molar-refractivity contribution is -0.116. The summed E-state index contributed by atoms with van der Waals surface area (Å²) in [5.41, 5.74) is 5.98. The molecule has 0 spiro atoms. The molecule has 0 heterocycles. The Labute approximate surface area is 107 Å². The topological polar surface area (TPSA) is 84.6 Å². The molecule has 0 aliphatic rings. The van der Waals surface area contributed by atoms with Crippen molar-refractivity contribution >= 4 is 11.6 Å². The predicted octanol–water partition coefficient (Wildman–Crippen LogP) is 1.86. The van der Waals surface area contributed by atoms with E-state index in [0.29, 0.717) is 24.3 Å². The third-order valence-corrected chi connectivity index (χ3v) is 2.46. The zero-order valence-electron chi connectivity index (χ0n) is 11.0. The fourth-order valence-electron chi connectivity index (χ4n) is 1.43. The smallest absolute Gasteiger partial charge is 0.224 e. The Morgan fingerprint density at radius 1 is 1.50 bits per heavy atom. The normalized spacial score (nSPS) is 11.1.